The molecule has 1 aliphatic carbocycles. The number of ketones is 1. The van der Waals surface area contributed by atoms with E-state index >= 15 is 0 Å². The van der Waals surface area contributed by atoms with Gasteiger partial charge < -0.3 is 15.4 Å². The van der Waals surface area contributed by atoms with E-state index in [4.69, 9.17) is 4.74 Å². The minimum absolute atomic E-state index is 0.0467. The smallest absolute Gasteiger partial charge is 0.340 e. The Morgan fingerprint density at radius 3 is 2.48 bits per heavy atom. The number of esters is 1. The van der Waals surface area contributed by atoms with Crippen molar-refractivity contribution < 1.29 is 19.1 Å². The minimum Gasteiger partial charge on any atom is -0.452 e. The van der Waals surface area contributed by atoms with Gasteiger partial charge in [0.05, 0.1) is 5.56 Å². The number of Topliss-reactive ketones (excluding diaryl/α,β-unsaturated/α-hetero) is 1. The first kappa shape index (κ1) is 22.3. The normalized spacial score (nSPS) is 13.1. The number of benzene rings is 2. The molecule has 2 N–H and O–H groups in total. The van der Waals surface area contributed by atoms with E-state index in [2.05, 4.69) is 16.7 Å². The highest BCUT2D eigenvalue weighted by atomic mass is 16.5. The van der Waals surface area contributed by atoms with Crippen molar-refractivity contribution in [2.75, 3.05) is 23.8 Å². The van der Waals surface area contributed by atoms with Crippen LogP contribution in [-0.4, -0.2) is 30.8 Å². The minimum atomic E-state index is -0.554. The van der Waals surface area contributed by atoms with E-state index < -0.39 is 18.5 Å². The van der Waals surface area contributed by atoms with Gasteiger partial charge in [-0.1, -0.05) is 23.8 Å². The van der Waals surface area contributed by atoms with Crippen molar-refractivity contribution in [2.45, 2.75) is 39.0 Å². The summed E-state index contributed by atoms with van der Waals surface area (Å²) in [6.07, 6.45) is 8.09. The highest BCUT2D eigenvalue weighted by Gasteiger charge is 2.14. The largest absolute Gasteiger partial charge is 0.452 e. The monoisotopic (exact) mass is 420 g/mol. The van der Waals surface area contributed by atoms with Crippen LogP contribution in [0.2, 0.25) is 0 Å². The van der Waals surface area contributed by atoms with E-state index in [1.54, 1.807) is 36.4 Å². The molecule has 0 spiro atoms. The Kier molecular flexibility index (Phi) is 7.98. The van der Waals surface area contributed by atoms with Gasteiger partial charge in [0.25, 0.3) is 5.91 Å². The zero-order valence-corrected chi connectivity index (χ0v) is 17.8. The first-order valence-electron chi connectivity index (χ1n) is 10.6. The average molecular weight is 421 g/mol. The molecule has 0 aromatic heterocycles. The molecule has 1 aliphatic rings. The van der Waals surface area contributed by atoms with Gasteiger partial charge >= 0.3 is 5.97 Å². The van der Waals surface area contributed by atoms with E-state index in [-0.39, 0.29) is 5.78 Å². The van der Waals surface area contributed by atoms with Gasteiger partial charge in [0, 0.05) is 23.5 Å². The molecule has 0 bridgehead atoms. The summed E-state index contributed by atoms with van der Waals surface area (Å²) < 4.78 is 5.20. The quantitative estimate of drug-likeness (QED) is 0.339. The molecule has 31 heavy (non-hydrogen) atoms. The SMILES string of the molecule is CC(=O)c1ccc(NC(=O)COC(=O)c2ccccc2NCCC2=CCCCC2)cc1. The molecule has 1 amide bonds. The summed E-state index contributed by atoms with van der Waals surface area (Å²) in [6.45, 7) is 1.83. The Hall–Kier alpha value is -3.41. The topological polar surface area (TPSA) is 84.5 Å². The molecule has 162 valence electrons. The lowest BCUT2D eigenvalue weighted by atomic mass is 9.97. The van der Waals surface area contributed by atoms with E-state index in [1.165, 1.54) is 25.3 Å². The third-order valence-corrected chi connectivity index (χ3v) is 5.20. The molecule has 6 heteroatoms. The zero-order chi connectivity index (χ0) is 22.1. The summed E-state index contributed by atoms with van der Waals surface area (Å²) in [4.78, 5) is 35.9. The summed E-state index contributed by atoms with van der Waals surface area (Å²) in [5.41, 5.74) is 3.66. The third-order valence-electron chi connectivity index (χ3n) is 5.20. The molecule has 0 saturated heterocycles. The van der Waals surface area contributed by atoms with Crippen LogP contribution in [0.25, 0.3) is 0 Å². The van der Waals surface area contributed by atoms with Gasteiger partial charge in [-0.25, -0.2) is 4.79 Å². The van der Waals surface area contributed by atoms with Crippen LogP contribution in [0.5, 0.6) is 0 Å². The molecular formula is C25H28N2O4. The van der Waals surface area contributed by atoms with E-state index in [0.717, 1.165) is 25.8 Å². The molecule has 6 nitrogen and oxygen atoms in total. The van der Waals surface area contributed by atoms with E-state index in [9.17, 15) is 14.4 Å². The van der Waals surface area contributed by atoms with Crippen LogP contribution in [0.1, 0.15) is 59.7 Å². The second-order valence-electron chi connectivity index (χ2n) is 7.59. The Bertz CT molecular complexity index is 964. The lowest BCUT2D eigenvalue weighted by Crippen LogP contribution is -2.21. The highest BCUT2D eigenvalue weighted by Crippen LogP contribution is 2.21. The van der Waals surface area contributed by atoms with Gasteiger partial charge in [-0.15, -0.1) is 0 Å². The predicted octanol–water partition coefficient (Wildman–Crippen LogP) is 4.99. The van der Waals surface area contributed by atoms with Crippen LogP contribution >= 0.6 is 0 Å². The maximum absolute atomic E-state index is 12.5. The standard InChI is InChI=1S/C25H28N2O4/c1-18(28)20-11-13-21(14-12-20)27-24(29)17-31-25(30)22-9-5-6-10-23(22)26-16-15-19-7-3-2-4-8-19/h5-7,9-14,26H,2-4,8,15-17H2,1H3,(H,27,29). The number of nitrogens with one attached hydrogen (secondary N) is 2. The van der Waals surface area contributed by atoms with Crippen molar-refractivity contribution >= 4 is 29.0 Å². The lowest BCUT2D eigenvalue weighted by Gasteiger charge is -2.15. The van der Waals surface area contributed by atoms with E-state index in [1.807, 2.05) is 12.1 Å². The Morgan fingerprint density at radius 2 is 1.77 bits per heavy atom. The second kappa shape index (κ2) is 11.1. The van der Waals surface area contributed by atoms with Crippen molar-refractivity contribution in [1.82, 2.24) is 0 Å². The summed E-state index contributed by atoms with van der Waals surface area (Å²) >= 11 is 0. The van der Waals surface area contributed by atoms with Crippen LogP contribution in [0.15, 0.2) is 60.2 Å². The molecule has 0 heterocycles. The number of anilines is 2. The number of ether oxygens (including phenoxy) is 1. The summed E-state index contributed by atoms with van der Waals surface area (Å²) in [7, 11) is 0. The molecule has 0 atom stereocenters. The Morgan fingerprint density at radius 1 is 1.00 bits per heavy atom. The average Bonchev–Trinajstić information content (AvgIpc) is 2.79. The number of carbonyl (C=O) groups excluding carboxylic acids is 3. The number of rotatable bonds is 9. The van der Waals surface area contributed by atoms with Gasteiger partial charge in [-0.05, 0) is 75.4 Å². The van der Waals surface area contributed by atoms with Crippen molar-refractivity contribution in [2.24, 2.45) is 0 Å². The fourth-order valence-corrected chi connectivity index (χ4v) is 3.50. The first-order valence-corrected chi connectivity index (χ1v) is 10.6. The molecule has 0 unspecified atom stereocenters. The van der Waals surface area contributed by atoms with Crippen molar-refractivity contribution in [3.05, 3.63) is 71.3 Å². The first-order chi connectivity index (χ1) is 15.0. The third kappa shape index (κ3) is 6.81. The zero-order valence-electron chi connectivity index (χ0n) is 17.8. The molecule has 2 aromatic carbocycles. The number of hydrogen-bond donors (Lipinski definition) is 2. The van der Waals surface area contributed by atoms with Crippen LogP contribution in [-0.2, 0) is 9.53 Å². The van der Waals surface area contributed by atoms with Gasteiger partial charge in [-0.3, -0.25) is 9.59 Å². The maximum atomic E-state index is 12.5. The van der Waals surface area contributed by atoms with Crippen molar-refractivity contribution in [3.63, 3.8) is 0 Å². The Balaban J connectivity index is 1.50. The van der Waals surface area contributed by atoms with Crippen molar-refractivity contribution in [1.29, 1.82) is 0 Å². The Labute approximate surface area is 182 Å². The summed E-state index contributed by atoms with van der Waals surface area (Å²) in [5.74, 6) is -1.05. The van der Waals surface area contributed by atoms with Gasteiger partial charge in [-0.2, -0.15) is 0 Å². The molecule has 2 aromatic rings. The van der Waals surface area contributed by atoms with Gasteiger partial charge in [0.15, 0.2) is 12.4 Å². The van der Waals surface area contributed by atoms with Crippen LogP contribution in [0, 0.1) is 0 Å². The van der Waals surface area contributed by atoms with Gasteiger partial charge in [0.1, 0.15) is 0 Å². The highest BCUT2D eigenvalue weighted by molar-refractivity contribution is 5.99. The fraction of sp³-hybridized carbons (Fsp3) is 0.320. The molecule has 0 aliphatic heterocycles. The number of allylic oxidation sites excluding steroid dienone is 1. The van der Waals surface area contributed by atoms with Crippen molar-refractivity contribution in [3.8, 4) is 0 Å². The summed E-state index contributed by atoms with van der Waals surface area (Å²) in [6, 6.07) is 13.7. The van der Waals surface area contributed by atoms with Crippen LogP contribution in [0.3, 0.4) is 0 Å². The number of amides is 1. The number of hydrogen-bond acceptors (Lipinski definition) is 5. The molecule has 0 fully saturated rings. The molecule has 0 radical (unpaired) electrons. The number of para-hydroxylation sites is 1. The summed E-state index contributed by atoms with van der Waals surface area (Å²) in [5, 5.41) is 5.96. The predicted molar refractivity (Wildman–Crippen MR) is 121 cm³/mol. The molecule has 3 rings (SSSR count). The molecular weight excluding hydrogens is 392 g/mol. The second-order valence-corrected chi connectivity index (χ2v) is 7.59. The lowest BCUT2D eigenvalue weighted by molar-refractivity contribution is -0.119. The number of carbonyl (C=O) groups is 3. The fourth-order valence-electron chi connectivity index (χ4n) is 3.50. The molecule has 0 saturated carbocycles. The van der Waals surface area contributed by atoms with E-state index in [0.29, 0.717) is 22.5 Å². The van der Waals surface area contributed by atoms with Crippen LogP contribution in [0.4, 0.5) is 11.4 Å². The van der Waals surface area contributed by atoms with Gasteiger partial charge in [0.2, 0.25) is 0 Å². The van der Waals surface area contributed by atoms with Crippen LogP contribution < -0.4 is 10.6 Å². The maximum Gasteiger partial charge on any atom is 0.340 e.